The fraction of sp³-hybridized carbons (Fsp3) is 0.885. The summed E-state index contributed by atoms with van der Waals surface area (Å²) in [5.41, 5.74) is 6.14. The lowest BCUT2D eigenvalue weighted by molar-refractivity contribution is -0.156. The summed E-state index contributed by atoms with van der Waals surface area (Å²) in [4.78, 5) is 12.1. The minimum atomic E-state index is -0.820. The summed E-state index contributed by atoms with van der Waals surface area (Å²) < 4.78 is 5.67. The Kier molecular flexibility index (Phi) is 18.6. The highest BCUT2D eigenvalue weighted by Gasteiger charge is 2.28. The first-order valence-corrected chi connectivity index (χ1v) is 12.6. The normalized spacial score (nSPS) is 13.2. The Balaban J connectivity index is 4.09. The number of hydrogen-bond acceptors (Lipinski definition) is 3. The van der Waals surface area contributed by atoms with E-state index in [9.17, 15) is 4.79 Å². The molecule has 0 aromatic rings. The predicted octanol–water partition coefficient (Wildman–Crippen LogP) is 8.21. The minimum absolute atomic E-state index is 0.344. The molecule has 0 spiro atoms. The summed E-state index contributed by atoms with van der Waals surface area (Å²) in [6, 6.07) is 0. The van der Waals surface area contributed by atoms with Gasteiger partial charge in [0.25, 0.3) is 0 Å². The molecular formula is C26H51NO2. The second-order valence-electron chi connectivity index (χ2n) is 9.04. The maximum atomic E-state index is 12.1. The summed E-state index contributed by atoms with van der Waals surface area (Å²) in [7, 11) is 0. The molecule has 1 unspecified atom stereocenters. The molecule has 0 aliphatic rings. The van der Waals surface area contributed by atoms with Crippen LogP contribution in [-0.4, -0.2) is 11.7 Å². The van der Waals surface area contributed by atoms with Gasteiger partial charge < -0.3 is 4.74 Å². The maximum absolute atomic E-state index is 12.1. The maximum Gasteiger partial charge on any atom is 0.334 e. The third kappa shape index (κ3) is 17.7. The molecule has 172 valence electrons. The van der Waals surface area contributed by atoms with E-state index in [1.54, 1.807) is 6.92 Å². The van der Waals surface area contributed by atoms with Gasteiger partial charge in [0.2, 0.25) is 0 Å². The molecule has 0 amide bonds. The highest BCUT2D eigenvalue weighted by Crippen LogP contribution is 2.24. The van der Waals surface area contributed by atoms with Crippen LogP contribution in [0.2, 0.25) is 0 Å². The van der Waals surface area contributed by atoms with Crippen molar-refractivity contribution in [1.82, 2.24) is 0 Å². The van der Waals surface area contributed by atoms with E-state index in [-0.39, 0.29) is 5.97 Å². The van der Waals surface area contributed by atoms with Crippen molar-refractivity contribution in [2.75, 3.05) is 0 Å². The zero-order valence-electron chi connectivity index (χ0n) is 20.0. The van der Waals surface area contributed by atoms with Crippen molar-refractivity contribution in [2.45, 2.75) is 148 Å². The van der Waals surface area contributed by atoms with Crippen molar-refractivity contribution in [3.05, 3.63) is 12.2 Å². The van der Waals surface area contributed by atoms with E-state index in [1.165, 1.54) is 96.3 Å². The molecule has 0 bridgehead atoms. The zero-order chi connectivity index (χ0) is 21.8. The third-order valence-corrected chi connectivity index (χ3v) is 5.80. The Morgan fingerprint density at radius 2 is 1.00 bits per heavy atom. The van der Waals surface area contributed by atoms with Crippen molar-refractivity contribution in [3.63, 3.8) is 0 Å². The van der Waals surface area contributed by atoms with Crippen LogP contribution in [0.3, 0.4) is 0 Å². The van der Waals surface area contributed by atoms with Gasteiger partial charge in [0.15, 0.2) is 5.72 Å². The lowest BCUT2D eigenvalue weighted by Gasteiger charge is -2.30. The highest BCUT2D eigenvalue weighted by molar-refractivity contribution is 5.87. The second kappa shape index (κ2) is 19.2. The van der Waals surface area contributed by atoms with Gasteiger partial charge in [0.1, 0.15) is 0 Å². The Labute approximate surface area is 182 Å². The van der Waals surface area contributed by atoms with Gasteiger partial charge in [0, 0.05) is 18.4 Å². The van der Waals surface area contributed by atoms with Gasteiger partial charge in [-0.1, -0.05) is 117 Å². The van der Waals surface area contributed by atoms with Gasteiger partial charge in [-0.2, -0.15) is 0 Å². The summed E-state index contributed by atoms with van der Waals surface area (Å²) >= 11 is 0. The summed E-state index contributed by atoms with van der Waals surface area (Å²) in [6.07, 6.45) is 23.2. The van der Waals surface area contributed by atoms with Crippen LogP contribution in [0.25, 0.3) is 0 Å². The number of ether oxygens (including phenoxy) is 1. The van der Waals surface area contributed by atoms with Crippen molar-refractivity contribution in [2.24, 2.45) is 5.73 Å². The van der Waals surface area contributed by atoms with Gasteiger partial charge in [-0.3, -0.25) is 5.73 Å². The van der Waals surface area contributed by atoms with Gasteiger partial charge in [-0.15, -0.1) is 0 Å². The molecule has 3 heteroatoms. The molecule has 0 heterocycles. The molecule has 0 aliphatic heterocycles. The average molecular weight is 410 g/mol. The molecule has 2 N–H and O–H groups in total. The molecule has 0 saturated heterocycles. The molecule has 3 nitrogen and oxygen atoms in total. The van der Waals surface area contributed by atoms with Crippen molar-refractivity contribution >= 4 is 5.97 Å². The second-order valence-corrected chi connectivity index (χ2v) is 9.04. The van der Waals surface area contributed by atoms with Gasteiger partial charge in [0.05, 0.1) is 0 Å². The van der Waals surface area contributed by atoms with Crippen LogP contribution in [0, 0.1) is 0 Å². The lowest BCUT2D eigenvalue weighted by Crippen LogP contribution is -2.44. The minimum Gasteiger partial charge on any atom is -0.441 e. The predicted molar refractivity (Wildman–Crippen MR) is 127 cm³/mol. The van der Waals surface area contributed by atoms with Crippen LogP contribution in [-0.2, 0) is 9.53 Å². The molecule has 1 atom stereocenters. The molecule has 0 aliphatic carbocycles. The van der Waals surface area contributed by atoms with Crippen LogP contribution in [0.5, 0.6) is 0 Å². The quantitative estimate of drug-likeness (QED) is 0.0899. The average Bonchev–Trinajstić information content (AvgIpc) is 2.68. The van der Waals surface area contributed by atoms with E-state index in [4.69, 9.17) is 10.5 Å². The number of rotatable bonds is 21. The number of unbranched alkanes of at least 4 members (excludes halogenated alkanes) is 15. The number of hydrogen-bond donors (Lipinski definition) is 1. The molecular weight excluding hydrogens is 358 g/mol. The van der Waals surface area contributed by atoms with E-state index >= 15 is 0 Å². The number of nitrogens with two attached hydrogens (primary N) is 1. The van der Waals surface area contributed by atoms with E-state index in [1.807, 2.05) is 0 Å². The van der Waals surface area contributed by atoms with Crippen LogP contribution >= 0.6 is 0 Å². The fourth-order valence-corrected chi connectivity index (χ4v) is 3.79. The topological polar surface area (TPSA) is 52.3 Å². The van der Waals surface area contributed by atoms with Crippen molar-refractivity contribution in [1.29, 1.82) is 0 Å². The Morgan fingerprint density at radius 1 is 0.690 bits per heavy atom. The molecule has 0 aromatic heterocycles. The van der Waals surface area contributed by atoms with Crippen molar-refractivity contribution < 1.29 is 9.53 Å². The summed E-state index contributed by atoms with van der Waals surface area (Å²) in [5, 5.41) is 0. The first-order chi connectivity index (χ1) is 13.9. The Bertz CT molecular complexity index is 408. The van der Waals surface area contributed by atoms with Crippen LogP contribution in [0.1, 0.15) is 143 Å². The number of esters is 1. The number of carbonyl (C=O) groups excluding carboxylic acids is 1. The molecule has 0 saturated carbocycles. The summed E-state index contributed by atoms with van der Waals surface area (Å²) in [5.74, 6) is -0.344. The van der Waals surface area contributed by atoms with Gasteiger partial charge in [-0.05, 0) is 19.8 Å². The number of carbonyl (C=O) groups is 1. The van der Waals surface area contributed by atoms with Gasteiger partial charge >= 0.3 is 5.97 Å². The summed E-state index contributed by atoms with van der Waals surface area (Å²) in [6.45, 7) is 9.91. The lowest BCUT2D eigenvalue weighted by atomic mass is 9.97. The molecule has 0 aromatic carbocycles. The van der Waals surface area contributed by atoms with Crippen LogP contribution in [0.15, 0.2) is 12.2 Å². The van der Waals surface area contributed by atoms with Gasteiger partial charge in [-0.25, -0.2) is 4.79 Å². The smallest absolute Gasteiger partial charge is 0.334 e. The third-order valence-electron chi connectivity index (χ3n) is 5.80. The Hall–Kier alpha value is -0.830. The fourth-order valence-electron chi connectivity index (χ4n) is 3.79. The molecule has 0 radical (unpaired) electrons. The SMILES string of the molecule is C=C(C)C(=O)OC(N)(CCCCCCCCCC)CCCCCCCCCCC. The first kappa shape index (κ1) is 28.2. The van der Waals surface area contributed by atoms with E-state index in [0.717, 1.165) is 25.7 Å². The van der Waals surface area contributed by atoms with Crippen molar-refractivity contribution in [3.8, 4) is 0 Å². The monoisotopic (exact) mass is 409 g/mol. The largest absolute Gasteiger partial charge is 0.441 e. The first-order valence-electron chi connectivity index (χ1n) is 12.6. The Morgan fingerprint density at radius 3 is 1.31 bits per heavy atom. The van der Waals surface area contributed by atoms with E-state index in [0.29, 0.717) is 5.57 Å². The molecule has 0 fully saturated rings. The van der Waals surface area contributed by atoms with Crippen LogP contribution < -0.4 is 5.73 Å². The molecule has 29 heavy (non-hydrogen) atoms. The molecule has 0 rings (SSSR count). The van der Waals surface area contributed by atoms with E-state index in [2.05, 4.69) is 20.4 Å². The highest BCUT2D eigenvalue weighted by atomic mass is 16.6. The van der Waals surface area contributed by atoms with Crippen LogP contribution in [0.4, 0.5) is 0 Å². The zero-order valence-corrected chi connectivity index (χ0v) is 20.0. The standard InChI is InChI=1S/C26H51NO2/c1-5-7-9-11-13-15-17-19-21-23-26(27,29-25(28)24(3)4)22-20-18-16-14-12-10-8-6-2/h3,5-23,27H2,1-2,4H3. The van der Waals surface area contributed by atoms with E-state index < -0.39 is 5.72 Å².